The maximum atomic E-state index is 12.5. The molecule has 126 valence electrons. The van der Waals surface area contributed by atoms with Crippen molar-refractivity contribution < 1.29 is 9.59 Å². The molecule has 0 radical (unpaired) electrons. The molecule has 0 spiro atoms. The van der Waals surface area contributed by atoms with Gasteiger partial charge < -0.3 is 10.6 Å². The van der Waals surface area contributed by atoms with Gasteiger partial charge in [-0.25, -0.2) is 4.99 Å². The minimum absolute atomic E-state index is 0.199. The molecular formula is C18H14ClN3O2S. The van der Waals surface area contributed by atoms with Crippen molar-refractivity contribution in [3.8, 4) is 0 Å². The molecule has 1 aliphatic heterocycles. The minimum atomic E-state index is -0.331. The third-order valence-electron chi connectivity index (χ3n) is 3.29. The normalized spacial score (nSPS) is 13.0. The molecule has 0 bridgehead atoms. The Morgan fingerprint density at radius 2 is 1.88 bits per heavy atom. The van der Waals surface area contributed by atoms with E-state index in [0.29, 0.717) is 20.8 Å². The Morgan fingerprint density at radius 3 is 2.68 bits per heavy atom. The van der Waals surface area contributed by atoms with Gasteiger partial charge in [0.15, 0.2) is 5.17 Å². The number of nitrogens with zero attached hydrogens (tertiary/aromatic N) is 1. The Hall–Kier alpha value is -2.57. The second-order valence-corrected chi connectivity index (χ2v) is 6.90. The number of hydrogen-bond donors (Lipinski definition) is 2. The van der Waals surface area contributed by atoms with Crippen LogP contribution in [-0.2, 0) is 4.79 Å². The summed E-state index contributed by atoms with van der Waals surface area (Å²) in [7, 11) is 0. The van der Waals surface area contributed by atoms with Gasteiger partial charge in [-0.2, -0.15) is 0 Å². The monoisotopic (exact) mass is 371 g/mol. The van der Waals surface area contributed by atoms with Crippen molar-refractivity contribution in [1.29, 1.82) is 0 Å². The van der Waals surface area contributed by atoms with E-state index in [1.165, 1.54) is 18.7 Å². The van der Waals surface area contributed by atoms with Crippen LogP contribution in [-0.4, -0.2) is 17.0 Å². The highest BCUT2D eigenvalue weighted by Gasteiger charge is 2.15. The number of benzene rings is 2. The van der Waals surface area contributed by atoms with Crippen molar-refractivity contribution in [2.24, 2.45) is 4.99 Å². The number of amidine groups is 1. The highest BCUT2D eigenvalue weighted by Crippen LogP contribution is 2.33. The molecule has 0 fully saturated rings. The first-order valence-electron chi connectivity index (χ1n) is 7.43. The molecule has 0 atom stereocenters. The van der Waals surface area contributed by atoms with E-state index < -0.39 is 0 Å². The summed E-state index contributed by atoms with van der Waals surface area (Å²) >= 11 is 7.38. The lowest BCUT2D eigenvalue weighted by molar-refractivity contribution is -0.114. The van der Waals surface area contributed by atoms with Gasteiger partial charge in [-0.3, -0.25) is 9.59 Å². The molecule has 0 saturated heterocycles. The topological polar surface area (TPSA) is 70.6 Å². The fraction of sp³-hybridized carbons (Fsp3) is 0.0556. The van der Waals surface area contributed by atoms with Crippen LogP contribution in [0.4, 0.5) is 11.4 Å². The molecule has 25 heavy (non-hydrogen) atoms. The Bertz CT molecular complexity index is 909. The molecule has 2 aromatic rings. The summed E-state index contributed by atoms with van der Waals surface area (Å²) in [4.78, 5) is 28.1. The van der Waals surface area contributed by atoms with Crippen molar-refractivity contribution in [1.82, 2.24) is 5.32 Å². The lowest BCUT2D eigenvalue weighted by Gasteiger charge is -2.08. The lowest BCUT2D eigenvalue weighted by Crippen LogP contribution is -2.28. The van der Waals surface area contributed by atoms with Crippen molar-refractivity contribution in [3.63, 3.8) is 0 Å². The number of rotatable bonds is 2. The van der Waals surface area contributed by atoms with Crippen LogP contribution in [0.25, 0.3) is 6.08 Å². The van der Waals surface area contributed by atoms with E-state index in [0.717, 1.165) is 11.3 Å². The van der Waals surface area contributed by atoms with E-state index in [2.05, 4.69) is 15.6 Å². The maximum Gasteiger partial charge on any atom is 0.257 e. The SMILES string of the molecule is CC(=O)Nc1cccc(C(=O)NC2=Nc3ccccc3C=C(Cl)S2)c1. The van der Waals surface area contributed by atoms with Crippen LogP contribution in [0.3, 0.4) is 0 Å². The van der Waals surface area contributed by atoms with Crippen LogP contribution in [0, 0.1) is 0 Å². The highest BCUT2D eigenvalue weighted by molar-refractivity contribution is 8.18. The number of nitrogens with one attached hydrogen (secondary N) is 2. The first-order valence-corrected chi connectivity index (χ1v) is 8.62. The Balaban J connectivity index is 1.83. The molecular weight excluding hydrogens is 358 g/mol. The van der Waals surface area contributed by atoms with E-state index in [1.807, 2.05) is 30.3 Å². The summed E-state index contributed by atoms with van der Waals surface area (Å²) < 4.78 is 0.510. The summed E-state index contributed by atoms with van der Waals surface area (Å²) in [5, 5.41) is 5.80. The molecule has 2 N–H and O–H groups in total. The first-order chi connectivity index (χ1) is 12.0. The van der Waals surface area contributed by atoms with Gasteiger partial charge in [0.25, 0.3) is 5.91 Å². The number of para-hydroxylation sites is 1. The second kappa shape index (κ2) is 7.55. The molecule has 1 heterocycles. The van der Waals surface area contributed by atoms with Crippen LogP contribution < -0.4 is 10.6 Å². The van der Waals surface area contributed by atoms with Crippen LogP contribution >= 0.6 is 23.4 Å². The van der Waals surface area contributed by atoms with Gasteiger partial charge in [-0.1, -0.05) is 35.9 Å². The lowest BCUT2D eigenvalue weighted by atomic mass is 10.2. The number of thioether (sulfide) groups is 1. The molecule has 1 aliphatic rings. The zero-order valence-electron chi connectivity index (χ0n) is 13.2. The predicted molar refractivity (Wildman–Crippen MR) is 103 cm³/mol. The summed E-state index contributed by atoms with van der Waals surface area (Å²) in [6, 6.07) is 14.2. The minimum Gasteiger partial charge on any atom is -0.326 e. The molecule has 2 aromatic carbocycles. The zero-order chi connectivity index (χ0) is 17.8. The smallest absolute Gasteiger partial charge is 0.257 e. The zero-order valence-corrected chi connectivity index (χ0v) is 14.8. The third-order valence-corrected chi connectivity index (χ3v) is 4.33. The average Bonchev–Trinajstić information content (AvgIpc) is 2.71. The van der Waals surface area contributed by atoms with E-state index in [1.54, 1.807) is 24.3 Å². The molecule has 3 rings (SSSR count). The van der Waals surface area contributed by atoms with Crippen LogP contribution in [0.1, 0.15) is 22.8 Å². The van der Waals surface area contributed by atoms with E-state index in [9.17, 15) is 9.59 Å². The number of fused-ring (bicyclic) bond motifs is 1. The number of carbonyl (C=O) groups is 2. The van der Waals surface area contributed by atoms with Gasteiger partial charge in [0.05, 0.1) is 10.1 Å². The number of halogens is 1. The van der Waals surface area contributed by atoms with E-state index in [-0.39, 0.29) is 11.8 Å². The van der Waals surface area contributed by atoms with Crippen molar-refractivity contribution >= 4 is 57.8 Å². The van der Waals surface area contributed by atoms with E-state index in [4.69, 9.17) is 11.6 Å². The number of carbonyl (C=O) groups excluding carboxylic acids is 2. The number of anilines is 1. The Morgan fingerprint density at radius 1 is 1.08 bits per heavy atom. The van der Waals surface area contributed by atoms with Crippen molar-refractivity contribution in [2.45, 2.75) is 6.92 Å². The Kier molecular flexibility index (Phi) is 5.21. The molecule has 0 aromatic heterocycles. The maximum absolute atomic E-state index is 12.5. The van der Waals surface area contributed by atoms with Crippen LogP contribution in [0.5, 0.6) is 0 Å². The number of hydrogen-bond acceptors (Lipinski definition) is 4. The van der Waals surface area contributed by atoms with Gasteiger partial charge in [-0.05, 0) is 42.1 Å². The fourth-order valence-electron chi connectivity index (χ4n) is 2.25. The standard InChI is InChI=1S/C18H14ClN3O2S/c1-11(23)20-14-7-4-6-13(9-14)17(24)22-18-21-15-8-3-2-5-12(15)10-16(19)25-18/h2-10H,1H3,(H,20,23)(H,21,22,24). The van der Waals surface area contributed by atoms with Crippen molar-refractivity contribution in [3.05, 3.63) is 64.0 Å². The first kappa shape index (κ1) is 17.3. The van der Waals surface area contributed by atoms with Gasteiger partial charge in [0.1, 0.15) is 0 Å². The number of aliphatic imine (C=N–C) groups is 1. The average molecular weight is 372 g/mol. The van der Waals surface area contributed by atoms with Crippen molar-refractivity contribution in [2.75, 3.05) is 5.32 Å². The quantitative estimate of drug-likeness (QED) is 0.824. The fourth-order valence-corrected chi connectivity index (χ4v) is 3.25. The van der Waals surface area contributed by atoms with Crippen LogP contribution in [0.2, 0.25) is 0 Å². The number of amides is 2. The van der Waals surface area contributed by atoms with Crippen LogP contribution in [0.15, 0.2) is 57.9 Å². The molecule has 2 amide bonds. The van der Waals surface area contributed by atoms with Gasteiger partial charge >= 0.3 is 0 Å². The molecule has 7 heteroatoms. The summed E-state index contributed by atoms with van der Waals surface area (Å²) in [5.41, 5.74) is 2.58. The molecule has 0 aliphatic carbocycles. The third kappa shape index (κ3) is 4.49. The molecule has 0 unspecified atom stereocenters. The van der Waals surface area contributed by atoms with Gasteiger partial charge in [0, 0.05) is 23.7 Å². The summed E-state index contributed by atoms with van der Waals surface area (Å²) in [6.07, 6.45) is 1.81. The van der Waals surface area contributed by atoms with Gasteiger partial charge in [0.2, 0.25) is 5.91 Å². The highest BCUT2D eigenvalue weighted by atomic mass is 35.5. The Labute approximate surface area is 154 Å². The van der Waals surface area contributed by atoms with E-state index >= 15 is 0 Å². The predicted octanol–water partition coefficient (Wildman–Crippen LogP) is 4.35. The molecule has 5 nitrogen and oxygen atoms in total. The second-order valence-electron chi connectivity index (χ2n) is 5.24. The summed E-state index contributed by atoms with van der Waals surface area (Å²) in [5.74, 6) is -0.530. The largest absolute Gasteiger partial charge is 0.326 e. The molecule has 0 saturated carbocycles. The van der Waals surface area contributed by atoms with Gasteiger partial charge in [-0.15, -0.1) is 0 Å². The summed E-state index contributed by atoms with van der Waals surface area (Å²) in [6.45, 7) is 1.41.